The van der Waals surface area contributed by atoms with Crippen molar-refractivity contribution >= 4 is 5.57 Å². The van der Waals surface area contributed by atoms with Gasteiger partial charge in [-0.2, -0.15) is 0 Å². The number of fused-ring (bicyclic) bond motifs is 2. The van der Waals surface area contributed by atoms with Crippen LogP contribution in [-0.4, -0.2) is 0 Å². The van der Waals surface area contributed by atoms with E-state index >= 15 is 0 Å². The summed E-state index contributed by atoms with van der Waals surface area (Å²) >= 11 is 0. The number of benzene rings is 2. The van der Waals surface area contributed by atoms with Gasteiger partial charge in [-0.1, -0.05) is 66.7 Å². The zero-order valence-electron chi connectivity index (χ0n) is 11.0. The Labute approximate surface area is 114 Å². The van der Waals surface area contributed by atoms with Gasteiger partial charge < -0.3 is 0 Å². The molecule has 0 amide bonds. The molecule has 0 spiro atoms. The van der Waals surface area contributed by atoms with Gasteiger partial charge in [-0.05, 0) is 41.9 Å². The van der Waals surface area contributed by atoms with Crippen LogP contribution in [0.3, 0.4) is 0 Å². The van der Waals surface area contributed by atoms with Crippen LogP contribution in [0.5, 0.6) is 0 Å². The Morgan fingerprint density at radius 2 is 1.53 bits per heavy atom. The van der Waals surface area contributed by atoms with E-state index in [-0.39, 0.29) is 5.41 Å². The molecule has 0 radical (unpaired) electrons. The van der Waals surface area contributed by atoms with Crippen LogP contribution in [0.2, 0.25) is 0 Å². The van der Waals surface area contributed by atoms with E-state index in [1.54, 1.807) is 5.57 Å². The van der Waals surface area contributed by atoms with E-state index in [1.807, 2.05) is 0 Å². The van der Waals surface area contributed by atoms with Crippen LogP contribution in [0.4, 0.5) is 0 Å². The normalized spacial score (nSPS) is 28.4. The number of hydrogen-bond donors (Lipinski definition) is 0. The third-order valence-corrected chi connectivity index (χ3v) is 4.88. The summed E-state index contributed by atoms with van der Waals surface area (Å²) in [6.07, 6.45) is 6.50. The summed E-state index contributed by atoms with van der Waals surface area (Å²) in [6.45, 7) is 0. The van der Waals surface area contributed by atoms with Crippen molar-refractivity contribution in [2.45, 2.75) is 24.7 Å². The summed E-state index contributed by atoms with van der Waals surface area (Å²) in [5, 5.41) is 0. The van der Waals surface area contributed by atoms with Crippen LogP contribution in [0.15, 0.2) is 66.7 Å². The van der Waals surface area contributed by atoms with Gasteiger partial charge in [-0.15, -0.1) is 0 Å². The lowest BCUT2D eigenvalue weighted by Crippen LogP contribution is -2.22. The van der Waals surface area contributed by atoms with E-state index in [9.17, 15) is 0 Å². The van der Waals surface area contributed by atoms with Gasteiger partial charge in [0.2, 0.25) is 0 Å². The van der Waals surface area contributed by atoms with E-state index in [1.165, 1.54) is 30.4 Å². The predicted octanol–water partition coefficient (Wildman–Crippen LogP) is 4.82. The highest BCUT2D eigenvalue weighted by Gasteiger charge is 2.47. The van der Waals surface area contributed by atoms with Gasteiger partial charge in [0.25, 0.3) is 0 Å². The minimum absolute atomic E-state index is 0.285. The average molecular weight is 246 g/mol. The van der Waals surface area contributed by atoms with Gasteiger partial charge >= 0.3 is 0 Å². The molecule has 0 heterocycles. The largest absolute Gasteiger partial charge is 0.0766 e. The second kappa shape index (κ2) is 4.09. The molecule has 0 aliphatic heterocycles. The first-order valence-corrected chi connectivity index (χ1v) is 7.22. The number of hydrogen-bond acceptors (Lipinski definition) is 0. The first-order valence-electron chi connectivity index (χ1n) is 7.22. The standard InChI is InChI=1S/C19H18/c1-3-7-16(8-4-1)18-13-15-11-12-19(18,14-15)17-9-5-2-6-10-17/h1-10,13,15H,11-12,14H2. The SMILES string of the molecule is C1=C(c2ccccc2)C2(c3ccccc3)CCC1C2. The van der Waals surface area contributed by atoms with E-state index in [2.05, 4.69) is 66.7 Å². The Morgan fingerprint density at radius 3 is 2.21 bits per heavy atom. The fourth-order valence-electron chi connectivity index (χ4n) is 4.03. The quantitative estimate of drug-likeness (QED) is 0.712. The maximum absolute atomic E-state index is 2.53. The summed E-state index contributed by atoms with van der Waals surface area (Å²) < 4.78 is 0. The Hall–Kier alpha value is -1.82. The molecule has 2 aliphatic rings. The average Bonchev–Trinajstić information content (AvgIpc) is 3.08. The van der Waals surface area contributed by atoms with Gasteiger partial charge in [-0.25, -0.2) is 0 Å². The van der Waals surface area contributed by atoms with Crippen molar-refractivity contribution in [2.75, 3.05) is 0 Å². The summed E-state index contributed by atoms with van der Waals surface area (Å²) in [7, 11) is 0. The highest BCUT2D eigenvalue weighted by Crippen LogP contribution is 2.58. The molecule has 2 aliphatic carbocycles. The predicted molar refractivity (Wildman–Crippen MR) is 79.9 cm³/mol. The molecule has 2 atom stereocenters. The molecule has 2 bridgehead atoms. The van der Waals surface area contributed by atoms with E-state index in [4.69, 9.17) is 0 Å². The molecule has 94 valence electrons. The van der Waals surface area contributed by atoms with Crippen molar-refractivity contribution in [3.05, 3.63) is 77.9 Å². The third kappa shape index (κ3) is 1.59. The molecule has 0 N–H and O–H groups in total. The van der Waals surface area contributed by atoms with Gasteiger partial charge in [0, 0.05) is 5.41 Å². The first-order chi connectivity index (χ1) is 9.38. The maximum atomic E-state index is 2.53. The molecule has 2 unspecified atom stereocenters. The highest BCUT2D eigenvalue weighted by molar-refractivity contribution is 5.79. The zero-order valence-corrected chi connectivity index (χ0v) is 11.0. The Kier molecular flexibility index (Phi) is 2.38. The lowest BCUT2D eigenvalue weighted by Gasteiger charge is -2.31. The molecule has 2 aromatic rings. The summed E-state index contributed by atoms with van der Waals surface area (Å²) in [5.74, 6) is 0.787. The van der Waals surface area contributed by atoms with Crippen molar-refractivity contribution in [1.29, 1.82) is 0 Å². The lowest BCUT2D eigenvalue weighted by atomic mass is 9.72. The minimum Gasteiger partial charge on any atom is -0.0766 e. The molecule has 0 nitrogen and oxygen atoms in total. The van der Waals surface area contributed by atoms with Gasteiger partial charge in [-0.3, -0.25) is 0 Å². The summed E-state index contributed by atoms with van der Waals surface area (Å²) in [5.41, 5.74) is 4.77. The van der Waals surface area contributed by atoms with Crippen LogP contribution in [-0.2, 0) is 5.41 Å². The summed E-state index contributed by atoms with van der Waals surface area (Å²) in [4.78, 5) is 0. The zero-order chi connectivity index (χ0) is 12.7. The van der Waals surface area contributed by atoms with Crippen molar-refractivity contribution in [3.8, 4) is 0 Å². The molecule has 4 rings (SSSR count). The fourth-order valence-corrected chi connectivity index (χ4v) is 4.03. The highest BCUT2D eigenvalue weighted by atomic mass is 14.5. The topological polar surface area (TPSA) is 0 Å². The third-order valence-electron chi connectivity index (χ3n) is 4.88. The lowest BCUT2D eigenvalue weighted by molar-refractivity contribution is 0.584. The van der Waals surface area contributed by atoms with Gasteiger partial charge in [0.05, 0.1) is 0 Å². The van der Waals surface area contributed by atoms with Crippen molar-refractivity contribution in [2.24, 2.45) is 5.92 Å². The summed E-state index contributed by atoms with van der Waals surface area (Å²) in [6, 6.07) is 22.0. The second-order valence-electron chi connectivity index (χ2n) is 5.90. The van der Waals surface area contributed by atoms with E-state index in [0.29, 0.717) is 0 Å². The second-order valence-corrected chi connectivity index (χ2v) is 5.90. The number of rotatable bonds is 2. The Bertz CT molecular complexity index is 609. The molecular formula is C19H18. The van der Waals surface area contributed by atoms with Crippen LogP contribution in [0.1, 0.15) is 30.4 Å². The molecule has 19 heavy (non-hydrogen) atoms. The van der Waals surface area contributed by atoms with Crippen LogP contribution in [0, 0.1) is 5.92 Å². The maximum Gasteiger partial charge on any atom is 0.0211 e. The van der Waals surface area contributed by atoms with Gasteiger partial charge in [0.15, 0.2) is 0 Å². The van der Waals surface area contributed by atoms with Crippen LogP contribution >= 0.6 is 0 Å². The molecule has 0 heteroatoms. The van der Waals surface area contributed by atoms with E-state index in [0.717, 1.165) is 5.92 Å². The van der Waals surface area contributed by atoms with Crippen molar-refractivity contribution < 1.29 is 0 Å². The van der Waals surface area contributed by atoms with Crippen molar-refractivity contribution in [3.63, 3.8) is 0 Å². The molecular weight excluding hydrogens is 228 g/mol. The smallest absolute Gasteiger partial charge is 0.0211 e. The first kappa shape index (κ1) is 11.0. The molecule has 1 saturated carbocycles. The van der Waals surface area contributed by atoms with Crippen molar-refractivity contribution in [1.82, 2.24) is 0 Å². The molecule has 1 fully saturated rings. The number of allylic oxidation sites excluding steroid dienone is 2. The fraction of sp³-hybridized carbons (Fsp3) is 0.263. The van der Waals surface area contributed by atoms with E-state index < -0.39 is 0 Å². The molecule has 0 saturated heterocycles. The van der Waals surface area contributed by atoms with Crippen LogP contribution < -0.4 is 0 Å². The minimum atomic E-state index is 0.285. The Morgan fingerprint density at radius 1 is 0.842 bits per heavy atom. The molecule has 0 aromatic heterocycles. The van der Waals surface area contributed by atoms with Crippen LogP contribution in [0.25, 0.3) is 5.57 Å². The Balaban J connectivity index is 1.86. The van der Waals surface area contributed by atoms with Gasteiger partial charge in [0.1, 0.15) is 0 Å². The monoisotopic (exact) mass is 246 g/mol. The molecule has 2 aromatic carbocycles.